The fourth-order valence-corrected chi connectivity index (χ4v) is 2.45. The van der Waals surface area contributed by atoms with Gasteiger partial charge in [-0.25, -0.2) is 0 Å². The molecule has 0 saturated carbocycles. The van der Waals surface area contributed by atoms with E-state index in [1.807, 2.05) is 0 Å². The van der Waals surface area contributed by atoms with Gasteiger partial charge in [-0.15, -0.1) is 5.10 Å². The highest BCUT2D eigenvalue weighted by atomic mass is 32.2. The Labute approximate surface area is 123 Å². The molecule has 8 nitrogen and oxygen atoms in total. The smallest absolute Gasteiger partial charge is 0.305 e. The molecule has 1 aromatic carbocycles. The molecule has 0 aromatic heterocycles. The zero-order chi connectivity index (χ0) is 15.4. The summed E-state index contributed by atoms with van der Waals surface area (Å²) in [6.07, 6.45) is 0.955. The van der Waals surface area contributed by atoms with E-state index in [2.05, 4.69) is 15.5 Å². The summed E-state index contributed by atoms with van der Waals surface area (Å²) >= 11 is 0.981. The van der Waals surface area contributed by atoms with Crippen molar-refractivity contribution in [3.63, 3.8) is 0 Å². The van der Waals surface area contributed by atoms with Crippen molar-refractivity contribution in [2.45, 2.75) is 11.7 Å². The molecule has 110 valence electrons. The maximum Gasteiger partial charge on any atom is 0.305 e. The van der Waals surface area contributed by atoms with Gasteiger partial charge in [0, 0.05) is 11.6 Å². The quantitative estimate of drug-likeness (QED) is 0.473. The standard InChI is InChI=1S/C12H11N3O5S/c16-7-2-1-6(8(17)3-7)5-13-15-12-14-11(20)9(21-12)4-10(18)19/h1-3,5,9,16-17H,4H2,(H,18,19)(H,14,15,20)/b13-5+. The van der Waals surface area contributed by atoms with Gasteiger partial charge in [-0.05, 0) is 12.1 Å². The lowest BCUT2D eigenvalue weighted by molar-refractivity contribution is -0.138. The highest BCUT2D eigenvalue weighted by molar-refractivity contribution is 8.15. The Morgan fingerprint density at radius 1 is 1.43 bits per heavy atom. The van der Waals surface area contributed by atoms with Crippen molar-refractivity contribution in [2.24, 2.45) is 10.2 Å². The number of nitrogens with zero attached hydrogens (tertiary/aromatic N) is 2. The fourth-order valence-electron chi connectivity index (χ4n) is 1.53. The van der Waals surface area contributed by atoms with Crippen LogP contribution >= 0.6 is 11.8 Å². The van der Waals surface area contributed by atoms with Crippen LogP contribution in [0.4, 0.5) is 0 Å². The Morgan fingerprint density at radius 3 is 2.86 bits per heavy atom. The minimum atomic E-state index is -1.07. The van der Waals surface area contributed by atoms with E-state index < -0.39 is 17.1 Å². The summed E-state index contributed by atoms with van der Waals surface area (Å²) in [6, 6.07) is 3.98. The van der Waals surface area contributed by atoms with E-state index in [1.165, 1.54) is 18.3 Å². The Kier molecular flexibility index (Phi) is 4.43. The summed E-state index contributed by atoms with van der Waals surface area (Å²) in [6.45, 7) is 0. The minimum Gasteiger partial charge on any atom is -0.508 e. The lowest BCUT2D eigenvalue weighted by atomic mass is 10.2. The molecule has 1 saturated heterocycles. The first-order valence-corrected chi connectivity index (χ1v) is 6.66. The summed E-state index contributed by atoms with van der Waals surface area (Å²) in [4.78, 5) is 22.0. The molecule has 2 rings (SSSR count). The Balaban J connectivity index is 2.03. The van der Waals surface area contributed by atoms with Gasteiger partial charge in [-0.3, -0.25) is 9.59 Å². The highest BCUT2D eigenvalue weighted by Gasteiger charge is 2.32. The number of carboxylic acid groups (broad SMARTS) is 1. The SMILES string of the molecule is O=C(O)CC1SC(=N/N=C/c2ccc(O)cc2O)NC1=O. The molecule has 0 spiro atoms. The molecule has 4 N–H and O–H groups in total. The van der Waals surface area contributed by atoms with E-state index in [-0.39, 0.29) is 23.1 Å². The number of aliphatic carboxylic acids is 1. The second-order valence-electron chi connectivity index (χ2n) is 4.09. The van der Waals surface area contributed by atoms with E-state index in [0.717, 1.165) is 17.8 Å². The number of carbonyl (C=O) groups is 2. The average Bonchev–Trinajstić information content (AvgIpc) is 2.72. The molecular weight excluding hydrogens is 298 g/mol. The zero-order valence-corrected chi connectivity index (χ0v) is 11.4. The molecule has 0 aliphatic carbocycles. The molecule has 1 aromatic rings. The molecule has 1 aliphatic heterocycles. The van der Waals surface area contributed by atoms with Crippen LogP contribution in [0, 0.1) is 0 Å². The molecule has 0 bridgehead atoms. The lowest BCUT2D eigenvalue weighted by Crippen LogP contribution is -2.26. The van der Waals surface area contributed by atoms with Gasteiger partial charge in [0.15, 0.2) is 5.17 Å². The second kappa shape index (κ2) is 6.27. The lowest BCUT2D eigenvalue weighted by Gasteiger charge is -1.98. The first kappa shape index (κ1) is 14.9. The van der Waals surface area contributed by atoms with E-state index in [9.17, 15) is 14.7 Å². The number of aromatic hydroxyl groups is 2. The number of amidine groups is 1. The Morgan fingerprint density at radius 2 is 2.19 bits per heavy atom. The fraction of sp³-hybridized carbons (Fsp3) is 0.167. The van der Waals surface area contributed by atoms with Crippen molar-refractivity contribution in [1.29, 1.82) is 0 Å². The number of phenolic OH excluding ortho intramolecular Hbond substituents is 2. The molecule has 0 radical (unpaired) electrons. The van der Waals surface area contributed by atoms with E-state index >= 15 is 0 Å². The number of hydrogen-bond acceptors (Lipinski definition) is 7. The minimum absolute atomic E-state index is 0.0777. The normalized spacial score (nSPS) is 20.1. The van der Waals surface area contributed by atoms with Crippen LogP contribution in [0.15, 0.2) is 28.4 Å². The van der Waals surface area contributed by atoms with Crippen molar-refractivity contribution < 1.29 is 24.9 Å². The van der Waals surface area contributed by atoms with Crippen molar-refractivity contribution in [2.75, 3.05) is 0 Å². The zero-order valence-electron chi connectivity index (χ0n) is 10.6. The third kappa shape index (κ3) is 3.96. The van der Waals surface area contributed by atoms with Gasteiger partial charge in [-0.2, -0.15) is 5.10 Å². The molecule has 1 atom stereocenters. The van der Waals surface area contributed by atoms with Crippen LogP contribution in [-0.2, 0) is 9.59 Å². The summed E-state index contributed by atoms with van der Waals surface area (Å²) in [7, 11) is 0. The largest absolute Gasteiger partial charge is 0.508 e. The number of amides is 1. The molecule has 1 aliphatic rings. The molecule has 1 fully saturated rings. The van der Waals surface area contributed by atoms with E-state index in [1.54, 1.807) is 0 Å². The van der Waals surface area contributed by atoms with E-state index in [0.29, 0.717) is 5.56 Å². The topological polar surface area (TPSA) is 132 Å². The molecule has 21 heavy (non-hydrogen) atoms. The van der Waals surface area contributed by atoms with Crippen molar-refractivity contribution in [1.82, 2.24) is 5.32 Å². The molecule has 1 amide bonds. The van der Waals surface area contributed by atoms with Crippen LogP contribution in [-0.4, -0.2) is 43.8 Å². The Hall–Kier alpha value is -2.55. The van der Waals surface area contributed by atoms with Crippen LogP contribution < -0.4 is 5.32 Å². The van der Waals surface area contributed by atoms with Crippen LogP contribution in [0.3, 0.4) is 0 Å². The van der Waals surface area contributed by atoms with Gasteiger partial charge in [0.1, 0.15) is 16.7 Å². The summed E-state index contributed by atoms with van der Waals surface area (Å²) in [5.41, 5.74) is 0.341. The summed E-state index contributed by atoms with van der Waals surface area (Å²) < 4.78 is 0. The first-order chi connectivity index (χ1) is 9.95. The number of carboxylic acids is 1. The van der Waals surface area contributed by atoms with Crippen molar-refractivity contribution >= 4 is 35.0 Å². The number of nitrogens with one attached hydrogen (secondary N) is 1. The number of thioether (sulfide) groups is 1. The number of benzene rings is 1. The molecular formula is C12H11N3O5S. The first-order valence-electron chi connectivity index (χ1n) is 5.78. The van der Waals surface area contributed by atoms with E-state index in [4.69, 9.17) is 10.2 Å². The van der Waals surface area contributed by atoms with Gasteiger partial charge < -0.3 is 20.6 Å². The Bertz CT molecular complexity index is 644. The molecule has 1 unspecified atom stereocenters. The second-order valence-corrected chi connectivity index (χ2v) is 5.28. The summed E-state index contributed by atoms with van der Waals surface area (Å²) in [5, 5.41) is 36.6. The van der Waals surface area contributed by atoms with Crippen LogP contribution in [0.25, 0.3) is 0 Å². The maximum absolute atomic E-state index is 11.4. The third-order valence-electron chi connectivity index (χ3n) is 2.50. The van der Waals surface area contributed by atoms with Crippen LogP contribution in [0.2, 0.25) is 0 Å². The van der Waals surface area contributed by atoms with Gasteiger partial charge in [0.25, 0.3) is 0 Å². The number of carbonyl (C=O) groups excluding carboxylic acids is 1. The third-order valence-corrected chi connectivity index (χ3v) is 3.57. The van der Waals surface area contributed by atoms with Gasteiger partial charge in [-0.1, -0.05) is 11.8 Å². The van der Waals surface area contributed by atoms with Crippen LogP contribution in [0.5, 0.6) is 11.5 Å². The predicted octanol–water partition coefficient (Wildman–Crippen LogP) is 0.494. The number of phenols is 2. The van der Waals surface area contributed by atoms with Gasteiger partial charge in [0.05, 0.1) is 12.6 Å². The van der Waals surface area contributed by atoms with Crippen LogP contribution in [0.1, 0.15) is 12.0 Å². The number of hydrogen-bond donors (Lipinski definition) is 4. The van der Waals surface area contributed by atoms with Gasteiger partial charge >= 0.3 is 5.97 Å². The molecule has 1 heterocycles. The predicted molar refractivity (Wildman–Crippen MR) is 76.6 cm³/mol. The number of rotatable bonds is 4. The van der Waals surface area contributed by atoms with Crippen molar-refractivity contribution in [3.05, 3.63) is 23.8 Å². The highest BCUT2D eigenvalue weighted by Crippen LogP contribution is 2.23. The van der Waals surface area contributed by atoms with Crippen molar-refractivity contribution in [3.8, 4) is 11.5 Å². The average molecular weight is 309 g/mol. The maximum atomic E-state index is 11.4. The van der Waals surface area contributed by atoms with Gasteiger partial charge in [0.2, 0.25) is 5.91 Å². The molecule has 9 heteroatoms. The summed E-state index contributed by atoms with van der Waals surface area (Å²) in [5.74, 6) is -1.73. The monoisotopic (exact) mass is 309 g/mol.